The second-order valence-corrected chi connectivity index (χ2v) is 14.2. The van der Waals surface area contributed by atoms with Gasteiger partial charge in [0.05, 0.1) is 36.1 Å². The number of rotatable bonds is 7. The number of aliphatic hydroxyl groups is 1. The number of urea groups is 1. The number of hydrogen-bond donors (Lipinski definition) is 3. The van der Waals surface area contributed by atoms with Crippen LogP contribution in [-0.4, -0.2) is 84.4 Å². The number of carbonyl (C=O) groups excluding carboxylic acids is 3. The van der Waals surface area contributed by atoms with Crippen LogP contribution in [0.15, 0.2) is 60.7 Å². The Morgan fingerprint density at radius 2 is 1.70 bits per heavy atom. The summed E-state index contributed by atoms with van der Waals surface area (Å²) in [6.07, 6.45) is 6.92. The minimum absolute atomic E-state index is 0.0184. The quantitative estimate of drug-likeness (QED) is 0.240. The topological polar surface area (TPSA) is 120 Å². The minimum Gasteiger partial charge on any atom is -0.490 e. The lowest BCUT2D eigenvalue weighted by Crippen LogP contribution is -2.48. The van der Waals surface area contributed by atoms with Crippen molar-refractivity contribution in [3.05, 3.63) is 66.2 Å². The van der Waals surface area contributed by atoms with Crippen LogP contribution < -0.4 is 15.4 Å². The van der Waals surface area contributed by atoms with Crippen LogP contribution in [0, 0.1) is 11.8 Å². The standard InChI is InChI=1S/C40H54N4O6/c1-27-24-44(28(2)26-45)39(47)34-23-32(41-38(46)31-15-6-5-7-16-31)20-21-36(34)50-29(3)13-10-11-22-49-37(27)25-43(4)40(48)42-35-19-12-17-30-14-8-9-18-33(30)35/h8-9,12,14,17-21,23,27-29,31,37,45H,5-7,10-11,13,15-16,22,24-26H2,1-4H3,(H,41,46)(H,42,48)/t27-,28+,29+,37+/m0/s1. The molecule has 0 saturated heterocycles. The lowest BCUT2D eigenvalue weighted by atomic mass is 9.88. The Morgan fingerprint density at radius 1 is 0.960 bits per heavy atom. The summed E-state index contributed by atoms with van der Waals surface area (Å²) in [5.74, 6) is -0.0838. The highest BCUT2D eigenvalue weighted by Crippen LogP contribution is 2.30. The predicted molar refractivity (Wildman–Crippen MR) is 198 cm³/mol. The number of benzene rings is 3. The summed E-state index contributed by atoms with van der Waals surface area (Å²) in [5.41, 5.74) is 1.62. The molecular formula is C40H54N4O6. The van der Waals surface area contributed by atoms with Crippen LogP contribution in [0.1, 0.15) is 82.5 Å². The Kier molecular flexibility index (Phi) is 13.1. The first-order valence-corrected chi connectivity index (χ1v) is 18.3. The summed E-state index contributed by atoms with van der Waals surface area (Å²) in [6, 6.07) is 18.3. The van der Waals surface area contributed by atoms with Crippen molar-refractivity contribution in [1.82, 2.24) is 9.80 Å². The van der Waals surface area contributed by atoms with E-state index in [1.807, 2.05) is 63.2 Å². The molecule has 1 aliphatic heterocycles. The molecule has 50 heavy (non-hydrogen) atoms. The van der Waals surface area contributed by atoms with Gasteiger partial charge in [-0.1, -0.05) is 62.6 Å². The Morgan fingerprint density at radius 3 is 2.48 bits per heavy atom. The maximum absolute atomic E-state index is 14.5. The fraction of sp³-hybridized carbons (Fsp3) is 0.525. The zero-order valence-corrected chi connectivity index (χ0v) is 30.0. The van der Waals surface area contributed by atoms with Gasteiger partial charge < -0.3 is 35.0 Å². The zero-order chi connectivity index (χ0) is 35.6. The average molecular weight is 687 g/mol. The second kappa shape index (κ2) is 17.7. The summed E-state index contributed by atoms with van der Waals surface area (Å²) in [4.78, 5) is 44.3. The summed E-state index contributed by atoms with van der Waals surface area (Å²) in [5, 5.41) is 18.4. The van der Waals surface area contributed by atoms with E-state index in [-0.39, 0.29) is 55.0 Å². The van der Waals surface area contributed by atoms with Crippen LogP contribution >= 0.6 is 0 Å². The SMILES string of the molecule is C[C@@H]1CCCCO[C@H](CN(C)C(=O)Nc2cccc3ccccc23)[C@@H](C)CN([C@H](C)CO)C(=O)c2cc(NC(=O)C3CCCCC3)ccc2O1. The summed E-state index contributed by atoms with van der Waals surface area (Å²) >= 11 is 0. The monoisotopic (exact) mass is 686 g/mol. The van der Waals surface area contributed by atoms with Crippen LogP contribution in [0.25, 0.3) is 10.8 Å². The molecule has 3 N–H and O–H groups in total. The number of anilines is 2. The average Bonchev–Trinajstić information content (AvgIpc) is 3.13. The number of likely N-dealkylation sites (N-methyl/N-ethyl adjacent to an activating group) is 1. The fourth-order valence-electron chi connectivity index (χ4n) is 6.97. The van der Waals surface area contributed by atoms with Gasteiger partial charge in [-0.25, -0.2) is 4.79 Å². The number of fused-ring (bicyclic) bond motifs is 2. The smallest absolute Gasteiger partial charge is 0.321 e. The molecule has 4 atom stereocenters. The third-order valence-corrected chi connectivity index (χ3v) is 10.1. The maximum Gasteiger partial charge on any atom is 0.321 e. The largest absolute Gasteiger partial charge is 0.490 e. The molecule has 0 radical (unpaired) electrons. The Labute approximate surface area is 296 Å². The maximum atomic E-state index is 14.5. The molecule has 10 heteroatoms. The number of nitrogens with zero attached hydrogens (tertiary/aromatic N) is 2. The van der Waals surface area contributed by atoms with E-state index in [0.717, 1.165) is 67.8 Å². The van der Waals surface area contributed by atoms with Crippen LogP contribution in [0.5, 0.6) is 5.75 Å². The molecule has 0 unspecified atom stereocenters. The van der Waals surface area contributed by atoms with Crippen molar-refractivity contribution in [2.45, 2.75) is 90.4 Å². The first-order chi connectivity index (χ1) is 24.1. The summed E-state index contributed by atoms with van der Waals surface area (Å²) < 4.78 is 12.8. The van der Waals surface area contributed by atoms with E-state index in [1.165, 1.54) is 0 Å². The molecule has 1 heterocycles. The van der Waals surface area contributed by atoms with Crippen LogP contribution in [0.2, 0.25) is 0 Å². The Bertz CT molecular complexity index is 1600. The van der Waals surface area contributed by atoms with E-state index < -0.39 is 6.04 Å². The molecule has 1 saturated carbocycles. The number of carbonyl (C=O) groups is 3. The molecule has 1 fully saturated rings. The van der Waals surface area contributed by atoms with E-state index in [1.54, 1.807) is 35.0 Å². The Hall–Kier alpha value is -4.15. The van der Waals surface area contributed by atoms with E-state index >= 15 is 0 Å². The van der Waals surface area contributed by atoms with Crippen molar-refractivity contribution < 1.29 is 29.0 Å². The lowest BCUT2D eigenvalue weighted by molar-refractivity contribution is -0.120. The third kappa shape index (κ3) is 9.54. The van der Waals surface area contributed by atoms with Crippen LogP contribution in [0.3, 0.4) is 0 Å². The number of aliphatic hydroxyl groups excluding tert-OH is 1. The van der Waals surface area contributed by atoms with Gasteiger partial charge in [-0.2, -0.15) is 0 Å². The van der Waals surface area contributed by atoms with Gasteiger partial charge in [0.1, 0.15) is 5.75 Å². The van der Waals surface area contributed by atoms with E-state index in [2.05, 4.69) is 10.6 Å². The number of hydrogen-bond acceptors (Lipinski definition) is 6. The van der Waals surface area contributed by atoms with Crippen molar-refractivity contribution in [3.63, 3.8) is 0 Å². The molecule has 2 aliphatic rings. The Balaban J connectivity index is 1.37. The first kappa shape index (κ1) is 37.1. The zero-order valence-electron chi connectivity index (χ0n) is 30.0. The highest BCUT2D eigenvalue weighted by Gasteiger charge is 2.31. The van der Waals surface area contributed by atoms with Crippen LogP contribution in [-0.2, 0) is 9.53 Å². The van der Waals surface area contributed by atoms with Gasteiger partial charge >= 0.3 is 6.03 Å². The van der Waals surface area contributed by atoms with Gasteiger partial charge in [-0.15, -0.1) is 0 Å². The lowest BCUT2D eigenvalue weighted by Gasteiger charge is -2.36. The molecule has 3 aromatic carbocycles. The van der Waals surface area contributed by atoms with E-state index in [9.17, 15) is 19.5 Å². The summed E-state index contributed by atoms with van der Waals surface area (Å²) in [7, 11) is 1.75. The van der Waals surface area contributed by atoms with E-state index in [4.69, 9.17) is 9.47 Å². The molecule has 5 rings (SSSR count). The van der Waals surface area contributed by atoms with Crippen molar-refractivity contribution in [1.29, 1.82) is 0 Å². The van der Waals surface area contributed by atoms with Gasteiger partial charge in [0.25, 0.3) is 5.91 Å². The molecule has 10 nitrogen and oxygen atoms in total. The molecule has 0 bridgehead atoms. The predicted octanol–water partition coefficient (Wildman–Crippen LogP) is 7.32. The van der Waals surface area contributed by atoms with Gasteiger partial charge in [0.15, 0.2) is 0 Å². The fourth-order valence-corrected chi connectivity index (χ4v) is 6.97. The normalized spacial score (nSPS) is 21.7. The van der Waals surface area contributed by atoms with Crippen molar-refractivity contribution in [2.24, 2.45) is 11.8 Å². The van der Waals surface area contributed by atoms with Gasteiger partial charge in [0, 0.05) is 49.7 Å². The van der Waals surface area contributed by atoms with Crippen LogP contribution in [0.4, 0.5) is 16.2 Å². The number of amides is 4. The van der Waals surface area contributed by atoms with Crippen molar-refractivity contribution >= 4 is 40.0 Å². The molecule has 1 aliphatic carbocycles. The van der Waals surface area contributed by atoms with Gasteiger partial charge in [0.2, 0.25) is 5.91 Å². The molecular weight excluding hydrogens is 632 g/mol. The molecule has 3 aromatic rings. The first-order valence-electron chi connectivity index (χ1n) is 18.3. The minimum atomic E-state index is -0.503. The summed E-state index contributed by atoms with van der Waals surface area (Å²) in [6.45, 7) is 6.66. The molecule has 270 valence electrons. The number of nitrogens with one attached hydrogen (secondary N) is 2. The molecule has 4 amide bonds. The van der Waals surface area contributed by atoms with Gasteiger partial charge in [-0.3, -0.25) is 9.59 Å². The van der Waals surface area contributed by atoms with Crippen molar-refractivity contribution in [3.8, 4) is 5.75 Å². The highest BCUT2D eigenvalue weighted by atomic mass is 16.5. The highest BCUT2D eigenvalue weighted by molar-refractivity contribution is 6.02. The van der Waals surface area contributed by atoms with Gasteiger partial charge in [-0.05, 0) is 75.6 Å². The molecule has 0 spiro atoms. The number of ether oxygens (including phenoxy) is 2. The van der Waals surface area contributed by atoms with Crippen molar-refractivity contribution in [2.75, 3.05) is 44.0 Å². The van der Waals surface area contributed by atoms with E-state index in [0.29, 0.717) is 30.2 Å². The third-order valence-electron chi connectivity index (χ3n) is 10.1. The second-order valence-electron chi connectivity index (χ2n) is 14.2. The molecule has 0 aromatic heterocycles.